The van der Waals surface area contributed by atoms with Crippen LogP contribution in [0.1, 0.15) is 41.0 Å². The van der Waals surface area contributed by atoms with E-state index >= 15 is 4.39 Å². The standard InChI is InChI=1S/C26H27FN6O/c1-4-23-21(8-5-18-6-10-24(28)29-14-18)25(31-16-30-23)19-7-9-20(22(27)13-19)26(34)33-12-11-32(3)15-17(33)2/h6-7,9-10,13-14,16-17H,4,11-12,15H2,1-3H3,(H2,28,29)/t17-/m0/s1. The van der Waals surface area contributed by atoms with Crippen molar-refractivity contribution >= 4 is 11.7 Å². The number of likely N-dealkylation sites (N-methyl/N-ethyl adjacent to an activating group) is 1. The molecule has 1 aromatic carbocycles. The largest absolute Gasteiger partial charge is 0.384 e. The van der Waals surface area contributed by atoms with Crippen LogP contribution in [0, 0.1) is 17.7 Å². The topological polar surface area (TPSA) is 88.2 Å². The van der Waals surface area contributed by atoms with Gasteiger partial charge in [0.15, 0.2) is 0 Å². The molecule has 0 spiro atoms. The second-order valence-corrected chi connectivity index (χ2v) is 8.42. The number of anilines is 1. The van der Waals surface area contributed by atoms with E-state index < -0.39 is 5.82 Å². The lowest BCUT2D eigenvalue weighted by Gasteiger charge is -2.38. The third-order valence-electron chi connectivity index (χ3n) is 5.94. The van der Waals surface area contributed by atoms with E-state index in [-0.39, 0.29) is 17.5 Å². The average Bonchev–Trinajstić information content (AvgIpc) is 2.83. The number of piperazine rings is 1. The maximum absolute atomic E-state index is 15.2. The van der Waals surface area contributed by atoms with Crippen LogP contribution in [0.25, 0.3) is 11.3 Å². The second kappa shape index (κ2) is 9.98. The summed E-state index contributed by atoms with van der Waals surface area (Å²) < 4.78 is 15.2. The van der Waals surface area contributed by atoms with Crippen molar-refractivity contribution in [2.24, 2.45) is 0 Å². The smallest absolute Gasteiger partial charge is 0.257 e. The van der Waals surface area contributed by atoms with Gasteiger partial charge in [0.25, 0.3) is 5.91 Å². The van der Waals surface area contributed by atoms with Gasteiger partial charge in [0.1, 0.15) is 18.0 Å². The van der Waals surface area contributed by atoms with Crippen LogP contribution in [0.4, 0.5) is 10.2 Å². The van der Waals surface area contributed by atoms with Crippen molar-refractivity contribution in [2.75, 3.05) is 32.4 Å². The number of pyridine rings is 1. The summed E-state index contributed by atoms with van der Waals surface area (Å²) in [6.07, 6.45) is 3.68. The third-order valence-corrected chi connectivity index (χ3v) is 5.94. The quantitative estimate of drug-likeness (QED) is 0.607. The lowest BCUT2D eigenvalue weighted by Crippen LogP contribution is -2.52. The van der Waals surface area contributed by atoms with Crippen LogP contribution in [0.15, 0.2) is 42.9 Å². The van der Waals surface area contributed by atoms with Crippen molar-refractivity contribution in [1.82, 2.24) is 24.8 Å². The van der Waals surface area contributed by atoms with Crippen LogP contribution in [0.3, 0.4) is 0 Å². The van der Waals surface area contributed by atoms with Crippen molar-refractivity contribution < 1.29 is 9.18 Å². The number of amides is 1. The molecule has 7 nitrogen and oxygen atoms in total. The third kappa shape index (κ3) is 4.90. The maximum Gasteiger partial charge on any atom is 0.257 e. The molecule has 2 N–H and O–H groups in total. The van der Waals surface area contributed by atoms with Crippen LogP contribution >= 0.6 is 0 Å². The van der Waals surface area contributed by atoms with E-state index in [4.69, 9.17) is 5.73 Å². The number of rotatable bonds is 3. The Bertz CT molecular complexity index is 1260. The fourth-order valence-electron chi connectivity index (χ4n) is 4.09. The number of hydrogen-bond acceptors (Lipinski definition) is 6. The van der Waals surface area contributed by atoms with Gasteiger partial charge < -0.3 is 15.5 Å². The molecule has 0 saturated carbocycles. The molecule has 1 atom stereocenters. The highest BCUT2D eigenvalue weighted by Crippen LogP contribution is 2.26. The molecule has 0 aliphatic carbocycles. The summed E-state index contributed by atoms with van der Waals surface area (Å²) in [5.41, 5.74) is 8.84. The van der Waals surface area contributed by atoms with Crippen molar-refractivity contribution in [3.05, 3.63) is 71.1 Å². The first-order valence-electron chi connectivity index (χ1n) is 11.2. The van der Waals surface area contributed by atoms with Crippen LogP contribution in [-0.2, 0) is 6.42 Å². The van der Waals surface area contributed by atoms with Crippen molar-refractivity contribution in [1.29, 1.82) is 0 Å². The minimum Gasteiger partial charge on any atom is -0.384 e. The van der Waals surface area contributed by atoms with E-state index in [2.05, 4.69) is 31.7 Å². The summed E-state index contributed by atoms with van der Waals surface area (Å²) in [5, 5.41) is 0. The Hall–Kier alpha value is -3.83. The monoisotopic (exact) mass is 458 g/mol. The second-order valence-electron chi connectivity index (χ2n) is 8.42. The Morgan fingerprint density at radius 1 is 1.18 bits per heavy atom. The summed E-state index contributed by atoms with van der Waals surface area (Å²) in [6, 6.07) is 8.08. The highest BCUT2D eigenvalue weighted by Gasteiger charge is 2.28. The van der Waals surface area contributed by atoms with Gasteiger partial charge in [-0.2, -0.15) is 0 Å². The lowest BCUT2D eigenvalue weighted by atomic mass is 10.0. The van der Waals surface area contributed by atoms with Crippen LogP contribution in [-0.4, -0.2) is 63.4 Å². The summed E-state index contributed by atoms with van der Waals surface area (Å²) in [5.74, 6) is 5.73. The van der Waals surface area contributed by atoms with Gasteiger partial charge in [-0.15, -0.1) is 0 Å². The zero-order valence-electron chi connectivity index (χ0n) is 19.5. The van der Waals surface area contributed by atoms with Gasteiger partial charge in [-0.1, -0.05) is 24.8 Å². The molecular weight excluding hydrogens is 431 g/mol. The van der Waals surface area contributed by atoms with Crippen LogP contribution in [0.2, 0.25) is 0 Å². The Morgan fingerprint density at radius 3 is 2.68 bits per heavy atom. The normalized spacial score (nSPS) is 16.1. The van der Waals surface area contributed by atoms with E-state index in [9.17, 15) is 4.79 Å². The Morgan fingerprint density at radius 2 is 2.00 bits per heavy atom. The molecule has 3 heterocycles. The van der Waals surface area contributed by atoms with Gasteiger partial charge in [0.05, 0.1) is 22.5 Å². The molecule has 174 valence electrons. The van der Waals surface area contributed by atoms with Gasteiger partial charge in [0, 0.05) is 43.0 Å². The van der Waals surface area contributed by atoms with Crippen molar-refractivity contribution in [3.8, 4) is 23.1 Å². The molecule has 0 unspecified atom stereocenters. The highest BCUT2D eigenvalue weighted by molar-refractivity contribution is 5.95. The van der Waals surface area contributed by atoms with Gasteiger partial charge in [-0.25, -0.2) is 19.3 Å². The summed E-state index contributed by atoms with van der Waals surface area (Å²) >= 11 is 0. The number of halogens is 1. The van der Waals surface area contributed by atoms with Gasteiger partial charge in [0.2, 0.25) is 0 Å². The number of benzene rings is 1. The molecule has 1 amide bonds. The van der Waals surface area contributed by atoms with Gasteiger partial charge in [-0.05, 0) is 44.7 Å². The Balaban J connectivity index is 1.68. The first-order valence-corrected chi connectivity index (χ1v) is 11.2. The van der Waals surface area contributed by atoms with Crippen LogP contribution in [0.5, 0.6) is 0 Å². The first kappa shape index (κ1) is 23.3. The molecule has 0 radical (unpaired) electrons. The van der Waals surface area contributed by atoms with E-state index in [0.717, 1.165) is 18.8 Å². The number of aryl methyl sites for hydroxylation is 1. The number of nitrogens with two attached hydrogens (primary N) is 1. The Kier molecular flexibility index (Phi) is 6.85. The molecule has 8 heteroatoms. The summed E-state index contributed by atoms with van der Waals surface area (Å²) in [6.45, 7) is 6.05. The van der Waals surface area contributed by atoms with Gasteiger partial charge in [-0.3, -0.25) is 4.79 Å². The van der Waals surface area contributed by atoms with E-state index in [0.29, 0.717) is 41.2 Å². The van der Waals surface area contributed by atoms with E-state index in [1.54, 1.807) is 29.3 Å². The molecule has 4 rings (SSSR count). The SMILES string of the molecule is CCc1ncnc(-c2ccc(C(=O)N3CCN(C)C[C@@H]3C)c(F)c2)c1C#Cc1ccc(N)nc1. The molecule has 34 heavy (non-hydrogen) atoms. The fraction of sp³-hybridized carbons (Fsp3) is 0.308. The fourth-order valence-corrected chi connectivity index (χ4v) is 4.09. The lowest BCUT2D eigenvalue weighted by molar-refractivity contribution is 0.0529. The van der Waals surface area contributed by atoms with Crippen LogP contribution < -0.4 is 5.73 Å². The molecule has 0 bridgehead atoms. The highest BCUT2D eigenvalue weighted by atomic mass is 19.1. The molecule has 1 fully saturated rings. The number of aromatic nitrogens is 3. The molecule has 3 aromatic rings. The summed E-state index contributed by atoms with van der Waals surface area (Å²) in [4.78, 5) is 29.7. The number of nitrogen functional groups attached to an aromatic ring is 1. The molecule has 1 aliphatic heterocycles. The predicted octanol–water partition coefficient (Wildman–Crippen LogP) is 3.00. The molecular formula is C26H27FN6O. The first-order chi connectivity index (χ1) is 16.4. The minimum atomic E-state index is -0.577. The molecule has 1 saturated heterocycles. The number of hydrogen-bond donors (Lipinski definition) is 1. The Labute approximate surface area is 198 Å². The molecule has 1 aliphatic rings. The van der Waals surface area contributed by atoms with Gasteiger partial charge >= 0.3 is 0 Å². The van der Waals surface area contributed by atoms with E-state index in [1.165, 1.54) is 18.5 Å². The van der Waals surface area contributed by atoms with Crippen molar-refractivity contribution in [2.45, 2.75) is 26.3 Å². The summed E-state index contributed by atoms with van der Waals surface area (Å²) in [7, 11) is 2.02. The van der Waals surface area contributed by atoms with E-state index in [1.807, 2.05) is 20.9 Å². The maximum atomic E-state index is 15.2. The predicted molar refractivity (Wildman–Crippen MR) is 129 cm³/mol. The number of carbonyl (C=O) groups is 1. The van der Waals surface area contributed by atoms with Crippen molar-refractivity contribution in [3.63, 3.8) is 0 Å². The minimum absolute atomic E-state index is 0.0176. The zero-order valence-corrected chi connectivity index (χ0v) is 19.5. The number of carbonyl (C=O) groups excluding carboxylic acids is 1. The zero-order chi connectivity index (χ0) is 24.2. The average molecular weight is 459 g/mol. The molecule has 2 aromatic heterocycles. The number of nitrogens with zero attached hydrogens (tertiary/aromatic N) is 5.